The molecule has 0 spiro atoms. The second-order valence-corrected chi connectivity index (χ2v) is 8.76. The summed E-state index contributed by atoms with van der Waals surface area (Å²) in [5, 5.41) is 14.1. The Morgan fingerprint density at radius 2 is 1.97 bits per heavy atom. The topological polar surface area (TPSA) is 105 Å². The van der Waals surface area contributed by atoms with E-state index < -0.39 is 29.9 Å². The number of hydrogen-bond donors (Lipinski definition) is 1. The number of pyridine rings is 1. The van der Waals surface area contributed by atoms with Crippen molar-refractivity contribution in [3.8, 4) is 11.8 Å². The lowest BCUT2D eigenvalue weighted by atomic mass is 9.71. The number of fused-ring (bicyclic) bond motifs is 2. The fourth-order valence-corrected chi connectivity index (χ4v) is 5.35. The number of benzene rings is 2. The van der Waals surface area contributed by atoms with Gasteiger partial charge in [0.05, 0.1) is 42.6 Å². The van der Waals surface area contributed by atoms with E-state index in [9.17, 15) is 19.2 Å². The number of nitrogens with one attached hydrogen (secondary N) is 1. The zero-order valence-corrected chi connectivity index (χ0v) is 19.2. The molecular formula is C26H23FN4O4. The van der Waals surface area contributed by atoms with Gasteiger partial charge in [0.15, 0.2) is 11.6 Å². The van der Waals surface area contributed by atoms with E-state index in [1.807, 2.05) is 30.3 Å². The van der Waals surface area contributed by atoms with Crippen LogP contribution in [0.15, 0.2) is 48.8 Å². The van der Waals surface area contributed by atoms with Crippen molar-refractivity contribution in [3.63, 3.8) is 0 Å². The smallest absolute Gasteiger partial charge is 0.329 e. The van der Waals surface area contributed by atoms with E-state index in [1.165, 1.54) is 26.5 Å². The number of nitriles is 1. The first-order valence-electron chi connectivity index (χ1n) is 11.2. The number of hydrogen-bond acceptors (Lipinski definition) is 6. The molecule has 2 heterocycles. The van der Waals surface area contributed by atoms with Gasteiger partial charge < -0.3 is 14.8 Å². The van der Waals surface area contributed by atoms with Crippen LogP contribution in [0.5, 0.6) is 5.75 Å². The minimum atomic E-state index is -0.624. The zero-order valence-electron chi connectivity index (χ0n) is 19.2. The number of aromatic nitrogens is 1. The van der Waals surface area contributed by atoms with Gasteiger partial charge in [0.25, 0.3) is 0 Å². The molecule has 2 aliphatic rings. The molecular weight excluding hydrogens is 451 g/mol. The average Bonchev–Trinajstić information content (AvgIpc) is 2.87. The molecule has 1 aliphatic heterocycles. The van der Waals surface area contributed by atoms with Crippen LogP contribution in [0, 0.1) is 23.1 Å². The molecule has 35 heavy (non-hydrogen) atoms. The van der Waals surface area contributed by atoms with Crippen molar-refractivity contribution < 1.29 is 23.5 Å². The number of urea groups is 1. The number of methoxy groups -OCH3 is 2. The first-order chi connectivity index (χ1) is 17.0. The summed E-state index contributed by atoms with van der Waals surface area (Å²) in [7, 11) is 2.88. The molecule has 4 unspecified atom stereocenters. The molecule has 9 heteroatoms. The zero-order chi connectivity index (χ0) is 24.7. The molecule has 8 nitrogen and oxygen atoms in total. The Bertz CT molecular complexity index is 1370. The van der Waals surface area contributed by atoms with E-state index >= 15 is 0 Å². The Balaban J connectivity index is 1.51. The summed E-state index contributed by atoms with van der Waals surface area (Å²) in [5.74, 6) is -1.82. The van der Waals surface area contributed by atoms with E-state index in [-0.39, 0.29) is 23.1 Å². The van der Waals surface area contributed by atoms with Crippen molar-refractivity contribution >= 4 is 28.4 Å². The molecule has 3 amide bonds. The normalized spacial score (nSPS) is 24.0. The highest BCUT2D eigenvalue weighted by Gasteiger charge is 2.50. The molecule has 1 N–H and O–H groups in total. The number of carbonyl (C=O) groups is 2. The van der Waals surface area contributed by atoms with Crippen LogP contribution in [0.1, 0.15) is 29.9 Å². The Morgan fingerprint density at radius 1 is 1.17 bits per heavy atom. The summed E-state index contributed by atoms with van der Waals surface area (Å²) < 4.78 is 25.1. The minimum absolute atomic E-state index is 0.0356. The maximum atomic E-state index is 14.2. The molecule has 1 saturated heterocycles. The van der Waals surface area contributed by atoms with Crippen molar-refractivity contribution in [1.82, 2.24) is 10.3 Å². The number of rotatable bonds is 4. The predicted octanol–water partition coefficient (Wildman–Crippen LogP) is 3.89. The van der Waals surface area contributed by atoms with E-state index in [0.29, 0.717) is 24.1 Å². The number of imide groups is 1. The largest absolute Gasteiger partial charge is 0.494 e. The number of amides is 3. The predicted molar refractivity (Wildman–Crippen MR) is 125 cm³/mol. The lowest BCUT2D eigenvalue weighted by Gasteiger charge is -2.46. The Hall–Kier alpha value is -4.03. The van der Waals surface area contributed by atoms with Gasteiger partial charge in [-0.15, -0.1) is 0 Å². The number of ether oxygens (including phenoxy) is 2. The molecule has 0 radical (unpaired) electrons. The van der Waals surface area contributed by atoms with E-state index in [4.69, 9.17) is 9.47 Å². The lowest BCUT2D eigenvalue weighted by molar-refractivity contribution is -0.131. The van der Waals surface area contributed by atoms with Crippen molar-refractivity contribution in [2.45, 2.75) is 30.9 Å². The number of anilines is 1. The quantitative estimate of drug-likeness (QED) is 0.615. The van der Waals surface area contributed by atoms with Gasteiger partial charge in [-0.25, -0.2) is 14.1 Å². The van der Waals surface area contributed by atoms with Crippen LogP contribution in [0.2, 0.25) is 0 Å². The highest BCUT2D eigenvalue weighted by atomic mass is 19.1. The SMILES string of the molecule is COc1cc(C2CC3NC(=O)N(c4cncc5ccccc45)C(=O)C3C(OC)C2)c(C#N)cc1F. The summed E-state index contributed by atoms with van der Waals surface area (Å²) in [6, 6.07) is 11.1. The number of nitrogens with zero attached hydrogens (tertiary/aromatic N) is 3. The first-order valence-corrected chi connectivity index (χ1v) is 11.2. The van der Waals surface area contributed by atoms with Crippen LogP contribution in [0.3, 0.4) is 0 Å². The third-order valence-electron chi connectivity index (χ3n) is 6.98. The van der Waals surface area contributed by atoms with Crippen molar-refractivity contribution in [2.24, 2.45) is 5.92 Å². The number of halogens is 1. The average molecular weight is 474 g/mol. The van der Waals surface area contributed by atoms with E-state index in [1.54, 1.807) is 6.20 Å². The molecule has 1 aromatic heterocycles. The van der Waals surface area contributed by atoms with Crippen molar-refractivity contribution in [2.75, 3.05) is 19.1 Å². The second-order valence-electron chi connectivity index (χ2n) is 8.76. The van der Waals surface area contributed by atoms with Gasteiger partial charge in [0, 0.05) is 30.1 Å². The highest BCUT2D eigenvalue weighted by Crippen LogP contribution is 2.43. The fourth-order valence-electron chi connectivity index (χ4n) is 5.35. The summed E-state index contributed by atoms with van der Waals surface area (Å²) in [6.45, 7) is 0. The second kappa shape index (κ2) is 8.96. The van der Waals surface area contributed by atoms with Gasteiger partial charge in [-0.3, -0.25) is 9.78 Å². The van der Waals surface area contributed by atoms with Crippen LogP contribution >= 0.6 is 0 Å². The Labute approximate surface area is 201 Å². The lowest BCUT2D eigenvalue weighted by Crippen LogP contribution is -2.65. The fraction of sp³-hybridized carbons (Fsp3) is 0.308. The van der Waals surface area contributed by atoms with E-state index in [2.05, 4.69) is 10.3 Å². The van der Waals surface area contributed by atoms with Gasteiger partial charge in [-0.1, -0.05) is 24.3 Å². The first kappa shape index (κ1) is 22.7. The monoisotopic (exact) mass is 474 g/mol. The molecule has 5 rings (SSSR count). The van der Waals surface area contributed by atoms with Gasteiger partial charge >= 0.3 is 6.03 Å². The third kappa shape index (κ3) is 3.76. The maximum absolute atomic E-state index is 14.2. The van der Waals surface area contributed by atoms with Gasteiger partial charge in [-0.2, -0.15) is 5.26 Å². The summed E-state index contributed by atoms with van der Waals surface area (Å²) in [4.78, 5) is 32.3. The molecule has 3 aromatic rings. The molecule has 2 fully saturated rings. The van der Waals surface area contributed by atoms with Gasteiger partial charge in [0.2, 0.25) is 5.91 Å². The van der Waals surface area contributed by atoms with Crippen molar-refractivity contribution in [3.05, 3.63) is 65.7 Å². The summed E-state index contributed by atoms with van der Waals surface area (Å²) in [5.41, 5.74) is 1.21. The molecule has 178 valence electrons. The van der Waals surface area contributed by atoms with Crippen LogP contribution in [-0.2, 0) is 9.53 Å². The summed E-state index contributed by atoms with van der Waals surface area (Å²) >= 11 is 0. The molecule has 4 atom stereocenters. The molecule has 1 saturated carbocycles. The minimum Gasteiger partial charge on any atom is -0.494 e. The Morgan fingerprint density at radius 3 is 2.71 bits per heavy atom. The van der Waals surface area contributed by atoms with Gasteiger partial charge in [-0.05, 0) is 36.5 Å². The third-order valence-corrected chi connectivity index (χ3v) is 6.98. The molecule has 0 bridgehead atoms. The maximum Gasteiger partial charge on any atom is 0.329 e. The Kier molecular flexibility index (Phi) is 5.83. The van der Waals surface area contributed by atoms with Gasteiger partial charge in [0.1, 0.15) is 0 Å². The molecule has 1 aliphatic carbocycles. The number of carbonyl (C=O) groups excluding carboxylic acids is 2. The van der Waals surface area contributed by atoms with Crippen LogP contribution in [0.25, 0.3) is 10.8 Å². The van der Waals surface area contributed by atoms with E-state index in [0.717, 1.165) is 21.7 Å². The summed E-state index contributed by atoms with van der Waals surface area (Å²) in [6.07, 6.45) is 3.48. The van der Waals surface area contributed by atoms with Crippen LogP contribution in [-0.4, -0.2) is 43.3 Å². The molecule has 2 aromatic carbocycles. The standard InChI is InChI=1S/C26H23FN4O4/c1-34-22-10-18(16(11-28)7-19(22)27)15-8-20-24(23(9-15)35-2)25(32)31(26(33)30-20)21-13-29-12-14-5-3-4-6-17(14)21/h3-7,10,12-13,15,20,23-24H,8-9H2,1-2H3,(H,30,33). The van der Waals surface area contributed by atoms with Crippen LogP contribution in [0.4, 0.5) is 14.9 Å². The highest BCUT2D eigenvalue weighted by molar-refractivity contribution is 6.20. The van der Waals surface area contributed by atoms with Crippen molar-refractivity contribution in [1.29, 1.82) is 5.26 Å². The van der Waals surface area contributed by atoms with Crippen LogP contribution < -0.4 is 15.0 Å².